The average molecular weight is 240 g/mol. The van der Waals surface area contributed by atoms with E-state index in [4.69, 9.17) is 4.74 Å². The highest BCUT2D eigenvalue weighted by molar-refractivity contribution is 5.80. The Bertz CT molecular complexity index is 520. The molecule has 0 bridgehead atoms. The molecule has 1 aliphatic carbocycles. The number of rotatable bonds is 3. The third-order valence-electron chi connectivity index (χ3n) is 3.48. The van der Waals surface area contributed by atoms with Crippen LogP contribution < -0.4 is 4.74 Å². The molecule has 0 aliphatic heterocycles. The smallest absolute Gasteiger partial charge is 0.119 e. The molecule has 1 atom stereocenters. The van der Waals surface area contributed by atoms with Crippen LogP contribution in [0.4, 0.5) is 0 Å². The van der Waals surface area contributed by atoms with Gasteiger partial charge in [-0.25, -0.2) is 0 Å². The maximum absolute atomic E-state index is 5.29. The van der Waals surface area contributed by atoms with Gasteiger partial charge >= 0.3 is 0 Å². The van der Waals surface area contributed by atoms with Crippen LogP contribution in [-0.4, -0.2) is 7.11 Å². The number of benzene rings is 1. The second-order valence-corrected chi connectivity index (χ2v) is 4.89. The normalized spacial score (nSPS) is 18.9. The zero-order chi connectivity index (χ0) is 13.1. The molecule has 0 fully saturated rings. The first kappa shape index (κ1) is 12.7. The number of methoxy groups -OCH3 is 1. The van der Waals surface area contributed by atoms with Crippen molar-refractivity contribution in [3.63, 3.8) is 0 Å². The third-order valence-corrected chi connectivity index (χ3v) is 3.48. The van der Waals surface area contributed by atoms with Crippen LogP contribution in [0, 0.1) is 5.92 Å². The number of hydrogen-bond donors (Lipinski definition) is 0. The first-order valence-electron chi connectivity index (χ1n) is 6.30. The summed E-state index contributed by atoms with van der Waals surface area (Å²) in [5.74, 6) is 1.36. The van der Waals surface area contributed by atoms with E-state index in [0.29, 0.717) is 5.92 Å². The molecule has 94 valence electrons. The van der Waals surface area contributed by atoms with Crippen LogP contribution in [0.2, 0.25) is 0 Å². The second kappa shape index (κ2) is 5.26. The molecular weight excluding hydrogens is 220 g/mol. The summed E-state index contributed by atoms with van der Waals surface area (Å²) >= 11 is 0. The van der Waals surface area contributed by atoms with Gasteiger partial charge in [0.15, 0.2) is 0 Å². The van der Waals surface area contributed by atoms with E-state index in [1.165, 1.54) is 22.3 Å². The molecule has 1 nitrogen and oxygen atoms in total. The minimum Gasteiger partial charge on any atom is -0.497 e. The summed E-state index contributed by atoms with van der Waals surface area (Å²) in [5.41, 5.74) is 5.07. The van der Waals surface area contributed by atoms with Crippen LogP contribution >= 0.6 is 0 Å². The van der Waals surface area contributed by atoms with E-state index in [2.05, 4.69) is 44.7 Å². The van der Waals surface area contributed by atoms with E-state index in [9.17, 15) is 0 Å². The average Bonchev–Trinajstić information content (AvgIpc) is 2.39. The lowest BCUT2D eigenvalue weighted by Crippen LogP contribution is -2.04. The van der Waals surface area contributed by atoms with Gasteiger partial charge in [0.25, 0.3) is 0 Å². The molecule has 0 radical (unpaired) electrons. The molecule has 0 unspecified atom stereocenters. The molecular formula is C17H20O. The van der Waals surface area contributed by atoms with E-state index in [1.807, 2.05) is 12.1 Å². The highest BCUT2D eigenvalue weighted by Crippen LogP contribution is 2.34. The molecule has 0 heterocycles. The maximum atomic E-state index is 5.29. The van der Waals surface area contributed by atoms with Crippen molar-refractivity contribution >= 4 is 5.57 Å². The van der Waals surface area contributed by atoms with Gasteiger partial charge in [0.05, 0.1) is 7.11 Å². The SMILES string of the molecule is C=C(C)[C@@H]1C=C(c2cccc(OC)c2)C(C)=CC1. The van der Waals surface area contributed by atoms with Crippen molar-refractivity contribution in [2.75, 3.05) is 7.11 Å². The predicted octanol–water partition coefficient (Wildman–Crippen LogP) is 4.62. The summed E-state index contributed by atoms with van der Waals surface area (Å²) in [6, 6.07) is 8.23. The van der Waals surface area contributed by atoms with Crippen molar-refractivity contribution in [2.45, 2.75) is 20.3 Å². The summed E-state index contributed by atoms with van der Waals surface area (Å²) in [5, 5.41) is 0. The Balaban J connectivity index is 2.40. The molecule has 1 aliphatic rings. The van der Waals surface area contributed by atoms with Crippen LogP contribution in [-0.2, 0) is 0 Å². The largest absolute Gasteiger partial charge is 0.497 e. The first-order chi connectivity index (χ1) is 8.61. The number of hydrogen-bond acceptors (Lipinski definition) is 1. The molecule has 1 aromatic rings. The van der Waals surface area contributed by atoms with Crippen molar-refractivity contribution in [3.05, 3.63) is 59.7 Å². The monoisotopic (exact) mass is 240 g/mol. The van der Waals surface area contributed by atoms with Crippen LogP contribution in [0.25, 0.3) is 5.57 Å². The van der Waals surface area contributed by atoms with E-state index in [1.54, 1.807) is 7.11 Å². The lowest BCUT2D eigenvalue weighted by molar-refractivity contribution is 0.414. The fraction of sp³-hybridized carbons (Fsp3) is 0.294. The summed E-state index contributed by atoms with van der Waals surface area (Å²) in [7, 11) is 1.70. The van der Waals surface area contributed by atoms with Gasteiger partial charge in [0.1, 0.15) is 5.75 Å². The molecule has 0 saturated heterocycles. The lowest BCUT2D eigenvalue weighted by atomic mass is 9.84. The van der Waals surface area contributed by atoms with Crippen LogP contribution in [0.5, 0.6) is 5.75 Å². The number of ether oxygens (including phenoxy) is 1. The maximum Gasteiger partial charge on any atom is 0.119 e. The van der Waals surface area contributed by atoms with Crippen molar-refractivity contribution in [2.24, 2.45) is 5.92 Å². The first-order valence-corrected chi connectivity index (χ1v) is 6.30. The third kappa shape index (κ3) is 2.56. The quantitative estimate of drug-likeness (QED) is 0.700. The molecule has 18 heavy (non-hydrogen) atoms. The summed E-state index contributed by atoms with van der Waals surface area (Å²) < 4.78 is 5.29. The van der Waals surface area contributed by atoms with Crippen LogP contribution in [0.1, 0.15) is 25.8 Å². The van der Waals surface area contributed by atoms with Gasteiger partial charge in [-0.15, -0.1) is 0 Å². The fourth-order valence-corrected chi connectivity index (χ4v) is 2.27. The van der Waals surface area contributed by atoms with Gasteiger partial charge in [-0.05, 0) is 49.1 Å². The molecule has 0 amide bonds. The molecule has 0 N–H and O–H groups in total. The Labute approximate surface area is 109 Å². The molecule has 1 aromatic carbocycles. The van der Waals surface area contributed by atoms with Crippen molar-refractivity contribution < 1.29 is 4.74 Å². The minimum atomic E-state index is 0.454. The summed E-state index contributed by atoms with van der Waals surface area (Å²) in [6.07, 6.45) is 5.69. The standard InChI is InChI=1S/C17H20O/c1-12(2)14-9-8-13(3)17(11-14)15-6-5-7-16(10-15)18-4/h5-8,10-11,14H,1,9H2,2-4H3/t14-/m0/s1. The van der Waals surface area contributed by atoms with Gasteiger partial charge in [0.2, 0.25) is 0 Å². The van der Waals surface area contributed by atoms with Crippen LogP contribution in [0.15, 0.2) is 54.1 Å². The minimum absolute atomic E-state index is 0.454. The van der Waals surface area contributed by atoms with E-state index >= 15 is 0 Å². The zero-order valence-electron chi connectivity index (χ0n) is 11.4. The molecule has 2 rings (SSSR count). The molecule has 0 spiro atoms. The molecule has 0 aromatic heterocycles. The Morgan fingerprint density at radius 2 is 2.17 bits per heavy atom. The lowest BCUT2D eigenvalue weighted by Gasteiger charge is -2.21. The Hall–Kier alpha value is -1.76. The highest BCUT2D eigenvalue weighted by atomic mass is 16.5. The van der Waals surface area contributed by atoms with Gasteiger partial charge in [-0.3, -0.25) is 0 Å². The zero-order valence-corrected chi connectivity index (χ0v) is 11.4. The topological polar surface area (TPSA) is 9.23 Å². The van der Waals surface area contributed by atoms with E-state index < -0.39 is 0 Å². The summed E-state index contributed by atoms with van der Waals surface area (Å²) in [4.78, 5) is 0. The molecule has 0 saturated carbocycles. The van der Waals surface area contributed by atoms with Gasteiger partial charge < -0.3 is 4.74 Å². The predicted molar refractivity (Wildman–Crippen MR) is 77.6 cm³/mol. The molecule has 1 heteroatoms. The highest BCUT2D eigenvalue weighted by Gasteiger charge is 2.15. The second-order valence-electron chi connectivity index (χ2n) is 4.89. The van der Waals surface area contributed by atoms with Crippen LogP contribution in [0.3, 0.4) is 0 Å². The van der Waals surface area contributed by atoms with E-state index in [0.717, 1.165) is 12.2 Å². The fourth-order valence-electron chi connectivity index (χ4n) is 2.27. The van der Waals surface area contributed by atoms with Crippen molar-refractivity contribution in [1.29, 1.82) is 0 Å². The van der Waals surface area contributed by atoms with Gasteiger partial charge in [-0.2, -0.15) is 0 Å². The summed E-state index contributed by atoms with van der Waals surface area (Å²) in [6.45, 7) is 8.33. The number of allylic oxidation sites excluding steroid dienone is 5. The Morgan fingerprint density at radius 1 is 1.39 bits per heavy atom. The van der Waals surface area contributed by atoms with Gasteiger partial charge in [0, 0.05) is 5.92 Å². The van der Waals surface area contributed by atoms with Crippen molar-refractivity contribution in [3.8, 4) is 5.75 Å². The Morgan fingerprint density at radius 3 is 2.83 bits per heavy atom. The van der Waals surface area contributed by atoms with E-state index in [-0.39, 0.29) is 0 Å². The van der Waals surface area contributed by atoms with Crippen molar-refractivity contribution in [1.82, 2.24) is 0 Å². The Kier molecular flexibility index (Phi) is 3.71. The van der Waals surface area contributed by atoms with Gasteiger partial charge in [-0.1, -0.05) is 36.4 Å².